The molecule has 2 atom stereocenters. The van der Waals surface area contributed by atoms with Crippen LogP contribution in [-0.2, 0) is 9.68 Å². The predicted octanol–water partition coefficient (Wildman–Crippen LogP) is 6.72. The smallest absolute Gasteiger partial charge is 0.160 e. The Kier molecular flexibility index (Phi) is 9.93. The number of nitrogens with two attached hydrogens (primary N) is 1. The van der Waals surface area contributed by atoms with E-state index in [-0.39, 0.29) is 23.6 Å². The van der Waals surface area contributed by atoms with Crippen molar-refractivity contribution < 1.29 is 9.68 Å². The van der Waals surface area contributed by atoms with Crippen molar-refractivity contribution in [1.82, 2.24) is 25.2 Å². The second kappa shape index (κ2) is 14.2. The van der Waals surface area contributed by atoms with Crippen molar-refractivity contribution in [2.75, 3.05) is 39.3 Å². The molecule has 0 radical (unpaired) electrons. The Balaban J connectivity index is 0.000000128. The van der Waals surface area contributed by atoms with Gasteiger partial charge in [-0.25, -0.2) is 15.0 Å². The lowest BCUT2D eigenvalue weighted by atomic mass is 9.74. The van der Waals surface area contributed by atoms with E-state index in [1.54, 1.807) is 6.20 Å². The number of hydroxylamine groups is 1. The fourth-order valence-corrected chi connectivity index (χ4v) is 8.82. The lowest BCUT2D eigenvalue weighted by molar-refractivity contribution is -0.150. The Morgan fingerprint density at radius 3 is 1.92 bits per heavy atom. The molecule has 0 amide bonds. The van der Waals surface area contributed by atoms with E-state index in [4.69, 9.17) is 32.0 Å². The molecule has 0 unspecified atom stereocenters. The summed E-state index contributed by atoms with van der Waals surface area (Å²) in [4.78, 5) is 29.8. The zero-order chi connectivity index (χ0) is 33.6. The molecule has 8 aliphatic rings. The molecule has 10 heterocycles. The molecule has 7 saturated heterocycles. The second-order valence-electron chi connectivity index (χ2n) is 14.8. The van der Waals surface area contributed by atoms with Gasteiger partial charge in [-0.05, 0) is 107 Å². The molecular weight excluding hydrogens is 671 g/mol. The lowest BCUT2D eigenvalue weighted by Gasteiger charge is -2.49. The Morgan fingerprint density at radius 2 is 1.36 bits per heavy atom. The maximum Gasteiger partial charge on any atom is 0.160 e. The molecule has 2 spiro atoms. The van der Waals surface area contributed by atoms with E-state index in [9.17, 15) is 0 Å². The number of rotatable bonds is 1. The van der Waals surface area contributed by atoms with Gasteiger partial charge in [0.1, 0.15) is 22.4 Å². The van der Waals surface area contributed by atoms with Crippen LogP contribution in [0.3, 0.4) is 0 Å². The van der Waals surface area contributed by atoms with Crippen LogP contribution >= 0.6 is 24.0 Å². The third kappa shape index (κ3) is 7.14. The number of hydrogen-bond acceptors (Lipinski definition) is 9. The zero-order valence-electron chi connectivity index (χ0n) is 28.8. The molecule has 10 nitrogen and oxygen atoms in total. The van der Waals surface area contributed by atoms with Gasteiger partial charge in [0.05, 0.1) is 6.42 Å². The van der Waals surface area contributed by atoms with Gasteiger partial charge in [0, 0.05) is 48.6 Å². The number of benzene rings is 2. The van der Waals surface area contributed by atoms with Crippen molar-refractivity contribution in [1.29, 1.82) is 0 Å². The number of nitrogens with one attached hydrogen (secondary N) is 1. The number of fused-ring (bicyclic) bond motifs is 6. The van der Waals surface area contributed by atoms with Crippen LogP contribution in [-0.4, -0.2) is 81.9 Å². The summed E-state index contributed by atoms with van der Waals surface area (Å²) in [6, 6.07) is 16.5. The van der Waals surface area contributed by atoms with Gasteiger partial charge in [0.2, 0.25) is 0 Å². The van der Waals surface area contributed by atoms with Crippen LogP contribution in [0.5, 0.6) is 0 Å². The number of amidine groups is 2. The Bertz CT molecular complexity index is 1880. The molecule has 0 saturated carbocycles. The average Bonchev–Trinajstić information content (AvgIpc) is 3.68. The van der Waals surface area contributed by atoms with Gasteiger partial charge in [0.15, 0.2) is 11.4 Å². The first-order valence-electron chi connectivity index (χ1n) is 17.6. The number of aromatic nitrogens is 2. The number of halogens is 2. The summed E-state index contributed by atoms with van der Waals surface area (Å²) >= 11 is 5.75. The van der Waals surface area contributed by atoms with Crippen molar-refractivity contribution in [2.45, 2.75) is 63.6 Å². The summed E-state index contributed by atoms with van der Waals surface area (Å²) in [5, 5.41) is 9.05. The maximum atomic E-state index is 6.05. The number of nitrogens with zero attached hydrogens (tertiary/aromatic N) is 6. The molecule has 12 rings (SSSR count). The first kappa shape index (κ1) is 34.9. The van der Waals surface area contributed by atoms with Crippen molar-refractivity contribution in [3.8, 4) is 0 Å². The normalized spacial score (nSPS) is 31.0. The highest BCUT2D eigenvalue weighted by molar-refractivity contribution is 6.30. The summed E-state index contributed by atoms with van der Waals surface area (Å²) in [6.45, 7) is 11.1. The topological polar surface area (TPSA) is 113 Å². The van der Waals surface area contributed by atoms with E-state index < -0.39 is 0 Å². The summed E-state index contributed by atoms with van der Waals surface area (Å²) in [7, 11) is 0. The minimum atomic E-state index is -0.0801. The number of piperidine rings is 6. The van der Waals surface area contributed by atoms with Crippen molar-refractivity contribution in [3.05, 3.63) is 77.2 Å². The third-order valence-electron chi connectivity index (χ3n) is 11.3. The van der Waals surface area contributed by atoms with E-state index >= 15 is 0 Å². The predicted molar refractivity (Wildman–Crippen MR) is 202 cm³/mol. The number of aliphatic imine (C=N–C) groups is 1. The lowest BCUT2D eigenvalue weighted by Crippen LogP contribution is -2.59. The van der Waals surface area contributed by atoms with E-state index in [0.29, 0.717) is 22.8 Å². The van der Waals surface area contributed by atoms with E-state index in [0.717, 1.165) is 53.7 Å². The largest absolute Gasteiger partial charge is 0.386 e. The number of hydrogen-bond donors (Lipinski definition) is 2. The van der Waals surface area contributed by atoms with Gasteiger partial charge in [0.25, 0.3) is 0 Å². The van der Waals surface area contributed by atoms with Gasteiger partial charge < -0.3 is 15.5 Å². The summed E-state index contributed by atoms with van der Waals surface area (Å²) in [5.74, 6) is 3.66. The van der Waals surface area contributed by atoms with Gasteiger partial charge in [-0.2, -0.15) is 0 Å². The minimum absolute atomic E-state index is 0. The molecule has 0 aliphatic carbocycles. The number of aryl methyl sites for hydroxylation is 2. The number of pyridine rings is 2. The molecule has 264 valence electrons. The van der Waals surface area contributed by atoms with E-state index in [1.165, 1.54) is 68.4 Å². The second-order valence-corrected chi connectivity index (χ2v) is 15.2. The number of oxime groups is 1. The maximum absolute atomic E-state index is 6.05. The van der Waals surface area contributed by atoms with E-state index in [1.807, 2.05) is 18.3 Å². The summed E-state index contributed by atoms with van der Waals surface area (Å²) < 4.78 is 0. The quantitative estimate of drug-likeness (QED) is 0.209. The Morgan fingerprint density at radius 1 is 0.780 bits per heavy atom. The van der Waals surface area contributed by atoms with Crippen LogP contribution in [0, 0.1) is 25.7 Å². The highest BCUT2D eigenvalue weighted by Crippen LogP contribution is 2.43. The molecule has 50 heavy (non-hydrogen) atoms. The van der Waals surface area contributed by atoms with E-state index in [2.05, 4.69) is 80.6 Å². The van der Waals surface area contributed by atoms with Gasteiger partial charge in [-0.1, -0.05) is 52.1 Å². The molecule has 3 N–H and O–H groups in total. The molecule has 8 aliphatic heterocycles. The molecule has 2 aromatic carbocycles. The molecular formula is C38H46Cl2N8O2. The summed E-state index contributed by atoms with van der Waals surface area (Å²) in [6.07, 6.45) is 10.4. The molecule has 4 aromatic rings. The minimum Gasteiger partial charge on any atom is -0.386 e. The fourth-order valence-electron chi connectivity index (χ4n) is 8.65. The van der Waals surface area contributed by atoms with Crippen LogP contribution in [0.4, 0.5) is 5.82 Å². The van der Waals surface area contributed by atoms with Gasteiger partial charge >= 0.3 is 0 Å². The highest BCUT2D eigenvalue weighted by Gasteiger charge is 2.53. The standard InChI is InChI=1S/C19H22N4O.C10H8ClN.C9H15N3O.ClH/c1-13-2-3-14-9-17(20-11-15(14)8-13)21-18-10-19(24-22-18)12-23-6-4-16(19)5-7-23;1-7-2-3-8-5-10(11)12-6-9(8)4-7;10-8-5-9(13-11-8)6-12-3-1-7(9)2-4-12;/h2-3,8-9,11,16H,4-7,10,12H2,1H3,(H,20,21,22);2-6H,1H3;7H,1-6H2,(H2,10,11);1H/t19-;;9-;/m0.0./s1. The first-order valence-corrected chi connectivity index (χ1v) is 18.0. The Labute approximate surface area is 304 Å². The molecule has 4 bridgehead atoms. The molecule has 12 heteroatoms. The van der Waals surface area contributed by atoms with Crippen molar-refractivity contribution in [3.63, 3.8) is 0 Å². The zero-order valence-corrected chi connectivity index (χ0v) is 30.3. The molecule has 2 aromatic heterocycles. The van der Waals surface area contributed by atoms with Crippen molar-refractivity contribution >= 4 is 63.0 Å². The van der Waals surface area contributed by atoms with Crippen LogP contribution in [0.15, 0.2) is 71.1 Å². The highest BCUT2D eigenvalue weighted by atomic mass is 35.5. The summed E-state index contributed by atoms with van der Waals surface area (Å²) in [5.41, 5.74) is 11.1. The van der Waals surface area contributed by atoms with Crippen molar-refractivity contribution in [2.24, 2.45) is 27.7 Å². The SMILES string of the molecule is Cc1ccc2cc(Cl)ncc2c1.Cc1ccc2cc(N=C3C[C@@]4(CN5CCC4CC5)ON3)ncc2c1.Cl.NC1=NO[C@@]2(C1)CN1CCC2CC1. The monoisotopic (exact) mass is 716 g/mol. The van der Waals surface area contributed by atoms with Gasteiger partial charge in [-0.3, -0.25) is 15.2 Å². The average molecular weight is 718 g/mol. The Hall–Kier alpha value is -3.54. The fraction of sp³-hybridized carbons (Fsp3) is 0.474. The molecule has 7 fully saturated rings. The third-order valence-corrected chi connectivity index (χ3v) is 11.5. The van der Waals surface area contributed by atoms with Crippen LogP contribution in [0.2, 0.25) is 5.15 Å². The van der Waals surface area contributed by atoms with Crippen LogP contribution in [0.1, 0.15) is 49.7 Å². The van der Waals surface area contributed by atoms with Gasteiger partial charge in [-0.15, -0.1) is 12.4 Å². The van der Waals surface area contributed by atoms with Crippen LogP contribution in [0.25, 0.3) is 21.5 Å². The first-order chi connectivity index (χ1) is 23.7. The van der Waals surface area contributed by atoms with Crippen LogP contribution < -0.4 is 11.2 Å².